The Morgan fingerprint density at radius 3 is 2.43 bits per heavy atom. The van der Waals surface area contributed by atoms with Gasteiger partial charge >= 0.3 is 0 Å². The summed E-state index contributed by atoms with van der Waals surface area (Å²) in [4.78, 5) is 4.80. The zero-order valence-corrected chi connectivity index (χ0v) is 13.3. The van der Waals surface area contributed by atoms with E-state index in [4.69, 9.17) is 26.1 Å². The summed E-state index contributed by atoms with van der Waals surface area (Å²) in [6.45, 7) is 5.13. The van der Waals surface area contributed by atoms with Crippen molar-refractivity contribution in [2.75, 3.05) is 13.2 Å². The zero-order valence-electron chi connectivity index (χ0n) is 12.5. The molecular weight excluding hydrogens is 286 g/mol. The highest BCUT2D eigenvalue weighted by molar-refractivity contribution is 6.36. The standard InChI is InChI=1S/C17H20ClNO2/c1-3-20-15-9-12-14(10-16(15)21-4-2)19-13-8-6-5-7-11(13)17(12)18/h9-10H,3-8H2,1-2H3. The van der Waals surface area contributed by atoms with E-state index in [0.717, 1.165) is 46.0 Å². The smallest absolute Gasteiger partial charge is 0.163 e. The molecule has 0 fully saturated rings. The van der Waals surface area contributed by atoms with Crippen LogP contribution in [0.2, 0.25) is 5.02 Å². The molecule has 0 N–H and O–H groups in total. The second-order valence-electron chi connectivity index (χ2n) is 5.24. The third kappa shape index (κ3) is 2.67. The summed E-state index contributed by atoms with van der Waals surface area (Å²) in [5.74, 6) is 1.48. The van der Waals surface area contributed by atoms with E-state index >= 15 is 0 Å². The summed E-state index contributed by atoms with van der Waals surface area (Å²) < 4.78 is 11.4. The molecule has 0 radical (unpaired) electrons. The summed E-state index contributed by atoms with van der Waals surface area (Å²) in [6.07, 6.45) is 4.42. The van der Waals surface area contributed by atoms with Gasteiger partial charge in [0.05, 0.1) is 23.8 Å². The van der Waals surface area contributed by atoms with Gasteiger partial charge in [-0.05, 0) is 51.2 Å². The lowest BCUT2D eigenvalue weighted by Gasteiger charge is -2.19. The largest absolute Gasteiger partial charge is 0.490 e. The molecule has 1 aliphatic rings. The normalized spacial score (nSPS) is 14.0. The van der Waals surface area contributed by atoms with Gasteiger partial charge in [-0.1, -0.05) is 11.6 Å². The van der Waals surface area contributed by atoms with Gasteiger partial charge in [-0.2, -0.15) is 0 Å². The molecule has 1 aromatic carbocycles. The molecule has 0 saturated heterocycles. The van der Waals surface area contributed by atoms with E-state index in [1.54, 1.807) is 0 Å². The van der Waals surface area contributed by atoms with E-state index in [0.29, 0.717) is 13.2 Å². The highest BCUT2D eigenvalue weighted by atomic mass is 35.5. The number of aromatic nitrogens is 1. The average Bonchev–Trinajstić information content (AvgIpc) is 2.49. The number of benzene rings is 1. The molecule has 3 rings (SSSR count). The zero-order chi connectivity index (χ0) is 14.8. The van der Waals surface area contributed by atoms with Gasteiger partial charge in [0.2, 0.25) is 0 Å². The minimum absolute atomic E-state index is 0.599. The molecule has 1 heterocycles. The van der Waals surface area contributed by atoms with Crippen molar-refractivity contribution in [2.24, 2.45) is 0 Å². The maximum absolute atomic E-state index is 6.62. The molecule has 3 nitrogen and oxygen atoms in total. The molecule has 1 aliphatic carbocycles. The Kier molecular flexibility index (Phi) is 4.20. The van der Waals surface area contributed by atoms with Crippen LogP contribution in [0.25, 0.3) is 10.9 Å². The van der Waals surface area contributed by atoms with Crippen molar-refractivity contribution in [1.82, 2.24) is 4.98 Å². The number of rotatable bonds is 4. The predicted molar refractivity (Wildman–Crippen MR) is 85.7 cm³/mol. The van der Waals surface area contributed by atoms with Crippen LogP contribution >= 0.6 is 11.6 Å². The van der Waals surface area contributed by atoms with Crippen LogP contribution in [0.4, 0.5) is 0 Å². The number of pyridine rings is 1. The van der Waals surface area contributed by atoms with Gasteiger partial charge < -0.3 is 9.47 Å². The molecular formula is C17H20ClNO2. The monoisotopic (exact) mass is 305 g/mol. The molecule has 0 amide bonds. The third-order valence-corrected chi connectivity index (χ3v) is 4.29. The number of ether oxygens (including phenoxy) is 2. The fraction of sp³-hybridized carbons (Fsp3) is 0.471. The highest BCUT2D eigenvalue weighted by Crippen LogP contribution is 2.38. The Bertz CT molecular complexity index is 670. The van der Waals surface area contributed by atoms with E-state index in [1.807, 2.05) is 26.0 Å². The summed E-state index contributed by atoms with van der Waals surface area (Å²) in [6, 6.07) is 3.92. The molecule has 0 saturated carbocycles. The van der Waals surface area contributed by atoms with E-state index in [2.05, 4.69) is 0 Å². The Hall–Kier alpha value is -1.48. The number of fused-ring (bicyclic) bond motifs is 2. The van der Waals surface area contributed by atoms with Crippen LogP contribution in [0.1, 0.15) is 37.9 Å². The Labute approximate surface area is 130 Å². The third-order valence-electron chi connectivity index (χ3n) is 3.86. The fourth-order valence-electron chi connectivity index (χ4n) is 2.91. The van der Waals surface area contributed by atoms with Gasteiger partial charge in [0.15, 0.2) is 11.5 Å². The van der Waals surface area contributed by atoms with Crippen molar-refractivity contribution in [1.29, 1.82) is 0 Å². The molecule has 0 unspecified atom stereocenters. The minimum Gasteiger partial charge on any atom is -0.490 e. The molecule has 112 valence electrons. The van der Waals surface area contributed by atoms with Crippen LogP contribution in [0.15, 0.2) is 12.1 Å². The molecule has 21 heavy (non-hydrogen) atoms. The fourth-order valence-corrected chi connectivity index (χ4v) is 3.27. The summed E-state index contributed by atoms with van der Waals surface area (Å²) >= 11 is 6.62. The number of halogens is 1. The van der Waals surface area contributed by atoms with Crippen molar-refractivity contribution >= 4 is 22.5 Å². The van der Waals surface area contributed by atoms with Crippen LogP contribution in [-0.2, 0) is 12.8 Å². The van der Waals surface area contributed by atoms with Crippen molar-refractivity contribution in [3.05, 3.63) is 28.4 Å². The first-order valence-electron chi connectivity index (χ1n) is 7.65. The van der Waals surface area contributed by atoms with Crippen molar-refractivity contribution in [3.8, 4) is 11.5 Å². The van der Waals surface area contributed by atoms with E-state index in [9.17, 15) is 0 Å². The van der Waals surface area contributed by atoms with Crippen LogP contribution in [-0.4, -0.2) is 18.2 Å². The SMILES string of the molecule is CCOc1cc2nc3c(c(Cl)c2cc1OCC)CCCC3. The summed E-state index contributed by atoms with van der Waals surface area (Å²) in [7, 11) is 0. The van der Waals surface area contributed by atoms with E-state index < -0.39 is 0 Å². The average molecular weight is 306 g/mol. The quantitative estimate of drug-likeness (QED) is 0.829. The Morgan fingerprint density at radius 1 is 1.05 bits per heavy atom. The van der Waals surface area contributed by atoms with Crippen LogP contribution in [0.3, 0.4) is 0 Å². The van der Waals surface area contributed by atoms with Crippen molar-refractivity contribution < 1.29 is 9.47 Å². The lowest BCUT2D eigenvalue weighted by atomic mass is 9.94. The first kappa shape index (κ1) is 14.5. The molecule has 0 bridgehead atoms. The lowest BCUT2D eigenvalue weighted by molar-refractivity contribution is 0.288. The summed E-state index contributed by atoms with van der Waals surface area (Å²) in [5.41, 5.74) is 3.25. The maximum Gasteiger partial charge on any atom is 0.163 e. The van der Waals surface area contributed by atoms with Gasteiger partial charge in [-0.3, -0.25) is 4.98 Å². The molecule has 2 aromatic rings. The van der Waals surface area contributed by atoms with Crippen LogP contribution in [0, 0.1) is 0 Å². The van der Waals surface area contributed by atoms with Gasteiger partial charge in [-0.15, -0.1) is 0 Å². The summed E-state index contributed by atoms with van der Waals surface area (Å²) in [5, 5.41) is 1.79. The highest BCUT2D eigenvalue weighted by Gasteiger charge is 2.19. The molecule has 0 spiro atoms. The number of hydrogen-bond acceptors (Lipinski definition) is 3. The second-order valence-corrected chi connectivity index (χ2v) is 5.62. The van der Waals surface area contributed by atoms with Gasteiger partial charge in [0.25, 0.3) is 0 Å². The number of aryl methyl sites for hydroxylation is 1. The molecule has 4 heteroatoms. The Balaban J connectivity index is 2.20. The van der Waals surface area contributed by atoms with E-state index in [1.165, 1.54) is 18.4 Å². The van der Waals surface area contributed by atoms with Crippen LogP contribution in [0.5, 0.6) is 11.5 Å². The van der Waals surface area contributed by atoms with Crippen LogP contribution < -0.4 is 9.47 Å². The first-order chi connectivity index (χ1) is 10.2. The molecule has 1 aromatic heterocycles. The minimum atomic E-state index is 0.599. The Morgan fingerprint density at radius 2 is 1.71 bits per heavy atom. The van der Waals surface area contributed by atoms with Gasteiger partial charge in [-0.25, -0.2) is 0 Å². The lowest BCUT2D eigenvalue weighted by Crippen LogP contribution is -2.07. The van der Waals surface area contributed by atoms with Crippen molar-refractivity contribution in [2.45, 2.75) is 39.5 Å². The molecule has 0 aliphatic heterocycles. The molecule has 0 atom stereocenters. The number of hydrogen-bond donors (Lipinski definition) is 0. The number of nitrogens with zero attached hydrogens (tertiary/aromatic N) is 1. The van der Waals surface area contributed by atoms with Crippen molar-refractivity contribution in [3.63, 3.8) is 0 Å². The topological polar surface area (TPSA) is 31.4 Å². The van der Waals surface area contributed by atoms with Gasteiger partial charge in [0, 0.05) is 17.1 Å². The van der Waals surface area contributed by atoms with E-state index in [-0.39, 0.29) is 0 Å². The predicted octanol–water partition coefficient (Wildman–Crippen LogP) is 4.56. The second kappa shape index (κ2) is 6.10. The van der Waals surface area contributed by atoms with Gasteiger partial charge in [0.1, 0.15) is 0 Å². The first-order valence-corrected chi connectivity index (χ1v) is 8.03. The maximum atomic E-state index is 6.62.